The zero-order valence-electron chi connectivity index (χ0n) is 10.9. The Hall–Kier alpha value is -1.75. The van der Waals surface area contributed by atoms with Gasteiger partial charge >= 0.3 is 0 Å². The van der Waals surface area contributed by atoms with Crippen LogP contribution in [-0.4, -0.2) is 38.3 Å². The third-order valence-corrected chi connectivity index (χ3v) is 3.61. The van der Waals surface area contributed by atoms with Crippen molar-refractivity contribution < 1.29 is 9.53 Å². The molecule has 5 heteroatoms. The van der Waals surface area contributed by atoms with Crippen LogP contribution in [0.5, 0.6) is 0 Å². The number of benzene rings is 1. The lowest BCUT2D eigenvalue weighted by atomic mass is 10.1. The minimum atomic E-state index is -0.0000463. The van der Waals surface area contributed by atoms with Crippen LogP contribution < -0.4 is 16.0 Å². The van der Waals surface area contributed by atoms with Crippen molar-refractivity contribution in [3.63, 3.8) is 0 Å². The van der Waals surface area contributed by atoms with Gasteiger partial charge in [0.2, 0.25) is 0 Å². The predicted octanol–water partition coefficient (Wildman–Crippen LogP) is 1.43. The molecule has 0 unspecified atom stereocenters. The summed E-state index contributed by atoms with van der Waals surface area (Å²) in [4.78, 5) is 12.4. The topological polar surface area (TPSA) is 62.4 Å². The van der Waals surface area contributed by atoms with Gasteiger partial charge in [-0.15, -0.1) is 0 Å². The summed E-state index contributed by atoms with van der Waals surface area (Å²) in [6.45, 7) is 3.20. The van der Waals surface area contributed by atoms with Crippen LogP contribution in [0, 0.1) is 0 Å². The molecule has 102 valence electrons. The Balaban J connectivity index is 1.75. The Morgan fingerprint density at radius 3 is 2.84 bits per heavy atom. The highest BCUT2D eigenvalue weighted by Crippen LogP contribution is 2.28. The summed E-state index contributed by atoms with van der Waals surface area (Å²) in [7, 11) is 0. The van der Waals surface area contributed by atoms with E-state index in [2.05, 4.69) is 16.0 Å². The second kappa shape index (κ2) is 5.48. The number of carbonyl (C=O) groups is 1. The largest absolute Gasteiger partial charge is 0.382 e. The van der Waals surface area contributed by atoms with E-state index in [1.54, 1.807) is 0 Å². The van der Waals surface area contributed by atoms with E-state index in [4.69, 9.17) is 4.74 Å². The number of hydrogen-bond donors (Lipinski definition) is 3. The molecule has 2 aliphatic rings. The Morgan fingerprint density at radius 2 is 2.00 bits per heavy atom. The highest BCUT2D eigenvalue weighted by Gasteiger charge is 2.21. The molecule has 0 bridgehead atoms. The van der Waals surface area contributed by atoms with E-state index < -0.39 is 0 Å². The first kappa shape index (κ1) is 12.3. The number of anilines is 2. The molecular formula is C14H19N3O2. The van der Waals surface area contributed by atoms with Crippen LogP contribution in [0.15, 0.2) is 18.2 Å². The van der Waals surface area contributed by atoms with Crippen molar-refractivity contribution in [3.05, 3.63) is 23.8 Å². The number of carbonyl (C=O) groups excluding carboxylic acids is 1. The monoisotopic (exact) mass is 261 g/mol. The van der Waals surface area contributed by atoms with Crippen LogP contribution in [0.3, 0.4) is 0 Å². The fraction of sp³-hybridized carbons (Fsp3) is 0.500. The smallest absolute Gasteiger partial charge is 0.253 e. The third-order valence-electron chi connectivity index (χ3n) is 3.61. The van der Waals surface area contributed by atoms with Crippen LogP contribution in [-0.2, 0) is 4.74 Å². The van der Waals surface area contributed by atoms with E-state index in [1.165, 1.54) is 0 Å². The van der Waals surface area contributed by atoms with E-state index in [1.807, 2.05) is 18.2 Å². The molecule has 0 aromatic heterocycles. The number of amides is 1. The highest BCUT2D eigenvalue weighted by molar-refractivity contribution is 6.02. The van der Waals surface area contributed by atoms with Crippen molar-refractivity contribution in [2.24, 2.45) is 0 Å². The molecule has 19 heavy (non-hydrogen) atoms. The standard InChI is InChI=1S/C14H19N3O2/c18-14(17-10-4-8-19-9-5-10)11-2-1-3-12-13(11)16-7-6-15-12/h1-3,10,15-16H,4-9H2,(H,17,18). The minimum absolute atomic E-state index is 0.0000463. The quantitative estimate of drug-likeness (QED) is 0.753. The molecule has 1 aromatic carbocycles. The summed E-state index contributed by atoms with van der Waals surface area (Å²) >= 11 is 0. The third kappa shape index (κ3) is 2.66. The van der Waals surface area contributed by atoms with Gasteiger partial charge in [-0.05, 0) is 25.0 Å². The lowest BCUT2D eigenvalue weighted by Gasteiger charge is -2.25. The molecular weight excluding hydrogens is 242 g/mol. The van der Waals surface area contributed by atoms with Gasteiger partial charge in [-0.25, -0.2) is 0 Å². The maximum absolute atomic E-state index is 12.4. The summed E-state index contributed by atoms with van der Waals surface area (Å²) in [5.41, 5.74) is 2.64. The number of nitrogens with one attached hydrogen (secondary N) is 3. The van der Waals surface area contributed by atoms with E-state index in [9.17, 15) is 4.79 Å². The maximum Gasteiger partial charge on any atom is 0.253 e. The molecule has 0 spiro atoms. The molecule has 5 nitrogen and oxygen atoms in total. The molecule has 2 heterocycles. The molecule has 2 aliphatic heterocycles. The van der Waals surface area contributed by atoms with E-state index >= 15 is 0 Å². The number of ether oxygens (including phenoxy) is 1. The van der Waals surface area contributed by atoms with Crippen molar-refractivity contribution in [3.8, 4) is 0 Å². The second-order valence-electron chi connectivity index (χ2n) is 4.94. The summed E-state index contributed by atoms with van der Waals surface area (Å²) in [6.07, 6.45) is 1.79. The van der Waals surface area contributed by atoms with Crippen LogP contribution >= 0.6 is 0 Å². The number of hydrogen-bond acceptors (Lipinski definition) is 4. The average molecular weight is 261 g/mol. The predicted molar refractivity (Wildman–Crippen MR) is 74.7 cm³/mol. The summed E-state index contributed by atoms with van der Waals surface area (Å²) in [5.74, 6) is -0.0000463. The highest BCUT2D eigenvalue weighted by atomic mass is 16.5. The van der Waals surface area contributed by atoms with E-state index in [-0.39, 0.29) is 11.9 Å². The normalized spacial score (nSPS) is 18.9. The van der Waals surface area contributed by atoms with Gasteiger partial charge in [0.1, 0.15) is 0 Å². The Bertz CT molecular complexity index is 470. The van der Waals surface area contributed by atoms with Crippen molar-refractivity contribution in [2.45, 2.75) is 18.9 Å². The van der Waals surface area contributed by atoms with Crippen molar-refractivity contribution in [1.82, 2.24) is 5.32 Å². The summed E-state index contributed by atoms with van der Waals surface area (Å²) in [5, 5.41) is 9.70. The average Bonchev–Trinajstić information content (AvgIpc) is 2.47. The molecule has 0 aliphatic carbocycles. The minimum Gasteiger partial charge on any atom is -0.382 e. The molecule has 3 rings (SSSR count). The molecule has 1 fully saturated rings. The van der Waals surface area contributed by atoms with Gasteiger partial charge in [0, 0.05) is 32.3 Å². The van der Waals surface area contributed by atoms with Gasteiger partial charge < -0.3 is 20.7 Å². The van der Waals surface area contributed by atoms with Gasteiger partial charge in [0.25, 0.3) is 5.91 Å². The Morgan fingerprint density at radius 1 is 1.21 bits per heavy atom. The molecule has 0 radical (unpaired) electrons. The number of fused-ring (bicyclic) bond motifs is 1. The fourth-order valence-electron chi connectivity index (χ4n) is 2.57. The molecule has 1 amide bonds. The van der Waals surface area contributed by atoms with Gasteiger partial charge in [-0.1, -0.05) is 6.07 Å². The first-order valence-corrected chi connectivity index (χ1v) is 6.84. The maximum atomic E-state index is 12.4. The molecule has 0 saturated carbocycles. The molecule has 1 saturated heterocycles. The Labute approximate surface area is 112 Å². The first-order chi connectivity index (χ1) is 9.34. The first-order valence-electron chi connectivity index (χ1n) is 6.84. The van der Waals surface area contributed by atoms with Crippen LogP contribution in [0.4, 0.5) is 11.4 Å². The van der Waals surface area contributed by atoms with Crippen LogP contribution in [0.25, 0.3) is 0 Å². The van der Waals surface area contributed by atoms with Gasteiger partial charge in [-0.2, -0.15) is 0 Å². The zero-order valence-corrected chi connectivity index (χ0v) is 10.9. The van der Waals surface area contributed by atoms with Crippen molar-refractivity contribution in [1.29, 1.82) is 0 Å². The molecule has 0 atom stereocenters. The number of rotatable bonds is 2. The lowest BCUT2D eigenvalue weighted by Crippen LogP contribution is -2.39. The van der Waals surface area contributed by atoms with Gasteiger partial charge in [0.05, 0.1) is 16.9 Å². The fourth-order valence-corrected chi connectivity index (χ4v) is 2.57. The lowest BCUT2D eigenvalue weighted by molar-refractivity contribution is 0.0697. The summed E-state index contributed by atoms with van der Waals surface area (Å²) in [6, 6.07) is 6.01. The van der Waals surface area contributed by atoms with Crippen molar-refractivity contribution in [2.75, 3.05) is 36.9 Å². The Kier molecular flexibility index (Phi) is 3.55. The molecule has 3 N–H and O–H groups in total. The molecule has 1 aromatic rings. The van der Waals surface area contributed by atoms with Crippen LogP contribution in [0.1, 0.15) is 23.2 Å². The SMILES string of the molecule is O=C(NC1CCOCC1)c1cccc2c1NCCN2. The van der Waals surface area contributed by atoms with Gasteiger partial charge in [0.15, 0.2) is 0 Å². The van der Waals surface area contributed by atoms with Crippen molar-refractivity contribution >= 4 is 17.3 Å². The number of para-hydroxylation sites is 1. The summed E-state index contributed by atoms with van der Waals surface area (Å²) < 4.78 is 5.30. The zero-order chi connectivity index (χ0) is 13.1. The van der Waals surface area contributed by atoms with Crippen LogP contribution in [0.2, 0.25) is 0 Å². The van der Waals surface area contributed by atoms with E-state index in [0.717, 1.165) is 56.1 Å². The van der Waals surface area contributed by atoms with Gasteiger partial charge in [-0.3, -0.25) is 4.79 Å². The second-order valence-corrected chi connectivity index (χ2v) is 4.94. The van der Waals surface area contributed by atoms with E-state index in [0.29, 0.717) is 0 Å².